The van der Waals surface area contributed by atoms with Crippen molar-refractivity contribution in [3.05, 3.63) is 24.0 Å². The second kappa shape index (κ2) is 6.85. The van der Waals surface area contributed by atoms with Crippen molar-refractivity contribution in [1.29, 1.82) is 0 Å². The second-order valence-electron chi connectivity index (χ2n) is 4.52. The van der Waals surface area contributed by atoms with Crippen molar-refractivity contribution in [2.75, 3.05) is 36.0 Å². The van der Waals surface area contributed by atoms with Crippen LogP contribution in [0.1, 0.15) is 19.0 Å². The van der Waals surface area contributed by atoms with Gasteiger partial charge in [-0.15, -0.1) is 0 Å². The SMILES string of the molecule is CCCNCc1cc(N2CCS(=O)CC2)ccn1. The van der Waals surface area contributed by atoms with Crippen molar-refractivity contribution >= 4 is 16.5 Å². The largest absolute Gasteiger partial charge is 0.370 e. The summed E-state index contributed by atoms with van der Waals surface area (Å²) in [6.45, 7) is 5.78. The topological polar surface area (TPSA) is 45.2 Å². The Hall–Kier alpha value is -0.940. The lowest BCUT2D eigenvalue weighted by molar-refractivity contribution is 0.663. The van der Waals surface area contributed by atoms with Gasteiger partial charge in [0.1, 0.15) is 0 Å². The minimum atomic E-state index is -0.616. The molecule has 1 saturated heterocycles. The van der Waals surface area contributed by atoms with E-state index in [1.54, 1.807) is 0 Å². The van der Waals surface area contributed by atoms with Gasteiger partial charge < -0.3 is 10.2 Å². The maximum Gasteiger partial charge on any atom is 0.0562 e. The molecule has 2 heterocycles. The van der Waals surface area contributed by atoms with Crippen LogP contribution >= 0.6 is 0 Å². The van der Waals surface area contributed by atoms with E-state index in [1.807, 2.05) is 12.3 Å². The van der Waals surface area contributed by atoms with Crippen LogP contribution in [0.4, 0.5) is 5.69 Å². The normalized spacial score (nSPS) is 17.1. The molecule has 0 atom stereocenters. The van der Waals surface area contributed by atoms with Crippen molar-refractivity contribution in [3.63, 3.8) is 0 Å². The summed E-state index contributed by atoms with van der Waals surface area (Å²) in [6.07, 6.45) is 3.00. The van der Waals surface area contributed by atoms with Gasteiger partial charge in [-0.05, 0) is 25.1 Å². The summed E-state index contributed by atoms with van der Waals surface area (Å²) in [5.74, 6) is 1.57. The first-order chi connectivity index (χ1) is 8.79. The Balaban J connectivity index is 1.96. The van der Waals surface area contributed by atoms with E-state index in [-0.39, 0.29) is 0 Å². The van der Waals surface area contributed by atoms with Crippen LogP contribution in [0.5, 0.6) is 0 Å². The maximum atomic E-state index is 11.3. The molecule has 5 heteroatoms. The van der Waals surface area contributed by atoms with Gasteiger partial charge in [-0.25, -0.2) is 0 Å². The molecule has 0 radical (unpaired) electrons. The Labute approximate surface area is 111 Å². The Kier molecular flexibility index (Phi) is 5.13. The first-order valence-electron chi connectivity index (χ1n) is 6.55. The summed E-state index contributed by atoms with van der Waals surface area (Å²) < 4.78 is 11.3. The van der Waals surface area contributed by atoms with Gasteiger partial charge in [-0.3, -0.25) is 9.19 Å². The van der Waals surface area contributed by atoms with Gasteiger partial charge in [0, 0.05) is 53.8 Å². The molecule has 0 bridgehead atoms. The zero-order valence-corrected chi connectivity index (χ0v) is 11.7. The van der Waals surface area contributed by atoms with Crippen LogP contribution in [0, 0.1) is 0 Å². The number of hydrogen-bond donors (Lipinski definition) is 1. The predicted molar refractivity (Wildman–Crippen MR) is 76.3 cm³/mol. The van der Waals surface area contributed by atoms with E-state index in [0.717, 1.165) is 49.8 Å². The van der Waals surface area contributed by atoms with Gasteiger partial charge in [0.2, 0.25) is 0 Å². The molecular formula is C13H21N3OS. The van der Waals surface area contributed by atoms with Crippen LogP contribution in [-0.4, -0.2) is 40.3 Å². The van der Waals surface area contributed by atoms with E-state index < -0.39 is 10.8 Å². The fourth-order valence-electron chi connectivity index (χ4n) is 2.05. The molecule has 18 heavy (non-hydrogen) atoms. The molecule has 0 saturated carbocycles. The van der Waals surface area contributed by atoms with Crippen molar-refractivity contribution in [2.24, 2.45) is 0 Å². The fourth-order valence-corrected chi connectivity index (χ4v) is 3.10. The molecule has 1 aliphatic rings. The standard InChI is InChI=1S/C13H21N3OS/c1-2-4-14-11-12-10-13(3-5-15-12)16-6-8-18(17)9-7-16/h3,5,10,14H,2,4,6-9,11H2,1H3. The summed E-state index contributed by atoms with van der Waals surface area (Å²) in [6, 6.07) is 4.18. The van der Waals surface area contributed by atoms with E-state index in [2.05, 4.69) is 28.2 Å². The van der Waals surface area contributed by atoms with Gasteiger partial charge in [0.05, 0.1) is 5.69 Å². The smallest absolute Gasteiger partial charge is 0.0562 e. The summed E-state index contributed by atoms with van der Waals surface area (Å²) in [4.78, 5) is 6.67. The van der Waals surface area contributed by atoms with E-state index in [0.29, 0.717) is 0 Å². The molecule has 4 nitrogen and oxygen atoms in total. The summed E-state index contributed by atoms with van der Waals surface area (Å²) in [7, 11) is -0.616. The Morgan fingerprint density at radius 2 is 2.22 bits per heavy atom. The van der Waals surface area contributed by atoms with Gasteiger partial charge in [0.25, 0.3) is 0 Å². The number of anilines is 1. The molecule has 0 unspecified atom stereocenters. The van der Waals surface area contributed by atoms with Crippen LogP contribution in [-0.2, 0) is 17.3 Å². The first-order valence-corrected chi connectivity index (χ1v) is 8.04. The van der Waals surface area contributed by atoms with E-state index in [1.165, 1.54) is 5.69 Å². The molecule has 1 aromatic heterocycles. The van der Waals surface area contributed by atoms with Gasteiger partial charge in [-0.2, -0.15) is 0 Å². The van der Waals surface area contributed by atoms with Crippen molar-refractivity contribution in [3.8, 4) is 0 Å². The molecule has 1 N–H and O–H groups in total. The van der Waals surface area contributed by atoms with Gasteiger partial charge in [-0.1, -0.05) is 6.92 Å². The number of nitrogens with one attached hydrogen (secondary N) is 1. The minimum Gasteiger partial charge on any atom is -0.370 e. The molecule has 0 spiro atoms. The molecule has 100 valence electrons. The molecule has 1 aliphatic heterocycles. The quantitative estimate of drug-likeness (QED) is 0.813. The summed E-state index contributed by atoms with van der Waals surface area (Å²) in [5, 5.41) is 3.36. The molecule has 0 aromatic carbocycles. The Morgan fingerprint density at radius 3 is 2.94 bits per heavy atom. The van der Waals surface area contributed by atoms with E-state index in [4.69, 9.17) is 0 Å². The third-order valence-electron chi connectivity index (χ3n) is 3.08. The first kappa shape index (κ1) is 13.5. The zero-order valence-electron chi connectivity index (χ0n) is 10.9. The molecule has 1 aromatic rings. The molecule has 0 amide bonds. The minimum absolute atomic E-state index is 0.616. The van der Waals surface area contributed by atoms with Crippen LogP contribution in [0.3, 0.4) is 0 Å². The lowest BCUT2D eigenvalue weighted by Gasteiger charge is -2.28. The van der Waals surface area contributed by atoms with Crippen LogP contribution in [0.25, 0.3) is 0 Å². The molecule has 2 rings (SSSR count). The summed E-state index contributed by atoms with van der Waals surface area (Å²) in [5.41, 5.74) is 2.28. The molecule has 1 fully saturated rings. The van der Waals surface area contributed by atoms with Crippen LogP contribution in [0.2, 0.25) is 0 Å². The van der Waals surface area contributed by atoms with Crippen molar-refractivity contribution in [1.82, 2.24) is 10.3 Å². The number of rotatable bonds is 5. The van der Waals surface area contributed by atoms with Crippen molar-refractivity contribution in [2.45, 2.75) is 19.9 Å². The summed E-state index contributed by atoms with van der Waals surface area (Å²) >= 11 is 0. The second-order valence-corrected chi connectivity index (χ2v) is 6.21. The average Bonchev–Trinajstić information content (AvgIpc) is 2.40. The molecule has 0 aliphatic carbocycles. The van der Waals surface area contributed by atoms with Gasteiger partial charge in [0.15, 0.2) is 0 Å². The lowest BCUT2D eigenvalue weighted by atomic mass is 10.2. The van der Waals surface area contributed by atoms with Crippen molar-refractivity contribution < 1.29 is 4.21 Å². The van der Waals surface area contributed by atoms with Gasteiger partial charge >= 0.3 is 0 Å². The highest BCUT2D eigenvalue weighted by molar-refractivity contribution is 7.85. The fraction of sp³-hybridized carbons (Fsp3) is 0.615. The van der Waals surface area contributed by atoms with E-state index >= 15 is 0 Å². The highest BCUT2D eigenvalue weighted by atomic mass is 32.2. The molecular weight excluding hydrogens is 246 g/mol. The number of aromatic nitrogens is 1. The third-order valence-corrected chi connectivity index (χ3v) is 4.35. The maximum absolute atomic E-state index is 11.3. The number of hydrogen-bond acceptors (Lipinski definition) is 4. The predicted octanol–water partition coefficient (Wildman–Crippen LogP) is 1.15. The third kappa shape index (κ3) is 3.78. The number of pyridine rings is 1. The lowest BCUT2D eigenvalue weighted by Crippen LogP contribution is -2.37. The highest BCUT2D eigenvalue weighted by Gasteiger charge is 2.15. The average molecular weight is 267 g/mol. The van der Waals surface area contributed by atoms with Crippen LogP contribution < -0.4 is 10.2 Å². The Morgan fingerprint density at radius 1 is 1.44 bits per heavy atom. The Bertz CT molecular complexity index is 401. The zero-order chi connectivity index (χ0) is 12.8. The van der Waals surface area contributed by atoms with E-state index in [9.17, 15) is 4.21 Å². The highest BCUT2D eigenvalue weighted by Crippen LogP contribution is 2.16. The monoisotopic (exact) mass is 267 g/mol. The van der Waals surface area contributed by atoms with Crippen LogP contribution in [0.15, 0.2) is 18.3 Å². The number of nitrogens with zero attached hydrogens (tertiary/aromatic N) is 2.